The first kappa shape index (κ1) is 22.8. The number of amides is 1. The smallest absolute Gasteiger partial charge is 0.272 e. The molecule has 0 unspecified atom stereocenters. The molecule has 1 aliphatic carbocycles. The van der Waals surface area contributed by atoms with Crippen LogP contribution in [0.2, 0.25) is 0 Å². The van der Waals surface area contributed by atoms with E-state index < -0.39 is 0 Å². The van der Waals surface area contributed by atoms with Crippen LogP contribution in [0.5, 0.6) is 5.75 Å². The number of methoxy groups -OCH3 is 1. The number of hydrogen-bond acceptors (Lipinski definition) is 6. The van der Waals surface area contributed by atoms with Crippen molar-refractivity contribution in [2.75, 3.05) is 12.0 Å². The zero-order chi connectivity index (χ0) is 23.7. The van der Waals surface area contributed by atoms with Crippen molar-refractivity contribution in [3.05, 3.63) is 63.4 Å². The Labute approximate surface area is 206 Å². The summed E-state index contributed by atoms with van der Waals surface area (Å²) >= 11 is 2.92. The van der Waals surface area contributed by atoms with Gasteiger partial charge in [0.15, 0.2) is 5.13 Å². The standard InChI is InChI=1S/C26H27N3O3S2/c1-17-20(16-24(30)29(26-27-12-14-34-26)18-7-4-3-5-8-18)21-15-19(32-2)10-11-22(21)28(17)25(31)23-9-6-13-33-23/h6,9-15,18H,3-5,7-8,16H2,1-2H3. The molecular weight excluding hydrogens is 466 g/mol. The van der Waals surface area contributed by atoms with Gasteiger partial charge in [-0.25, -0.2) is 4.98 Å². The number of hydrogen-bond donors (Lipinski definition) is 0. The summed E-state index contributed by atoms with van der Waals surface area (Å²) in [4.78, 5) is 34.3. The first-order valence-corrected chi connectivity index (χ1v) is 13.3. The minimum atomic E-state index is -0.0783. The number of anilines is 1. The van der Waals surface area contributed by atoms with E-state index in [1.54, 1.807) is 17.9 Å². The van der Waals surface area contributed by atoms with E-state index in [2.05, 4.69) is 4.98 Å². The normalized spacial score (nSPS) is 14.4. The summed E-state index contributed by atoms with van der Waals surface area (Å²) in [5, 5.41) is 5.45. The fourth-order valence-corrected chi connectivity index (χ4v) is 6.34. The highest BCUT2D eigenvalue weighted by Gasteiger charge is 2.30. The van der Waals surface area contributed by atoms with E-state index in [1.165, 1.54) is 29.1 Å². The maximum Gasteiger partial charge on any atom is 0.272 e. The van der Waals surface area contributed by atoms with Crippen molar-refractivity contribution in [1.29, 1.82) is 0 Å². The molecule has 1 aromatic carbocycles. The van der Waals surface area contributed by atoms with Crippen LogP contribution in [0.15, 0.2) is 47.3 Å². The molecular formula is C26H27N3O3S2. The highest BCUT2D eigenvalue weighted by atomic mass is 32.1. The van der Waals surface area contributed by atoms with Crippen molar-refractivity contribution in [3.8, 4) is 5.75 Å². The monoisotopic (exact) mass is 493 g/mol. The minimum absolute atomic E-state index is 0.0235. The zero-order valence-electron chi connectivity index (χ0n) is 19.3. The van der Waals surface area contributed by atoms with Gasteiger partial charge in [0.1, 0.15) is 5.75 Å². The maximum absolute atomic E-state index is 13.8. The highest BCUT2D eigenvalue weighted by molar-refractivity contribution is 7.13. The van der Waals surface area contributed by atoms with Crippen LogP contribution in [0, 0.1) is 6.92 Å². The van der Waals surface area contributed by atoms with E-state index in [4.69, 9.17) is 4.74 Å². The SMILES string of the molecule is COc1ccc2c(c1)c(CC(=O)N(c1nccs1)C1CCCCC1)c(C)n2C(=O)c1cccs1. The molecule has 0 saturated heterocycles. The van der Waals surface area contributed by atoms with E-state index >= 15 is 0 Å². The Morgan fingerprint density at radius 1 is 1.15 bits per heavy atom. The van der Waals surface area contributed by atoms with E-state index in [0.717, 1.165) is 53.0 Å². The topological polar surface area (TPSA) is 64.4 Å². The highest BCUT2D eigenvalue weighted by Crippen LogP contribution is 2.34. The van der Waals surface area contributed by atoms with Crippen LogP contribution in [0.1, 0.15) is 53.0 Å². The first-order chi connectivity index (χ1) is 16.6. The van der Waals surface area contributed by atoms with Gasteiger partial charge in [0.05, 0.1) is 23.9 Å². The summed E-state index contributed by atoms with van der Waals surface area (Å²) in [6, 6.07) is 9.57. The predicted molar refractivity (Wildman–Crippen MR) is 137 cm³/mol. The Balaban J connectivity index is 1.58. The third-order valence-electron chi connectivity index (χ3n) is 6.64. The number of benzene rings is 1. The molecule has 8 heteroatoms. The molecule has 176 valence electrons. The van der Waals surface area contributed by atoms with Gasteiger partial charge < -0.3 is 4.74 Å². The number of rotatable bonds is 6. The van der Waals surface area contributed by atoms with Gasteiger partial charge in [-0.15, -0.1) is 22.7 Å². The third-order valence-corrected chi connectivity index (χ3v) is 8.27. The van der Waals surface area contributed by atoms with Gasteiger partial charge in [0, 0.05) is 28.7 Å². The molecule has 0 spiro atoms. The van der Waals surface area contributed by atoms with Crippen molar-refractivity contribution < 1.29 is 14.3 Å². The number of aromatic nitrogens is 2. The summed E-state index contributed by atoms with van der Waals surface area (Å²) in [7, 11) is 1.62. The van der Waals surface area contributed by atoms with Gasteiger partial charge in [-0.1, -0.05) is 25.3 Å². The number of fused-ring (bicyclic) bond motifs is 1. The summed E-state index contributed by atoms with van der Waals surface area (Å²) in [5.74, 6) is 0.645. The van der Waals surface area contributed by atoms with Crippen LogP contribution in [-0.2, 0) is 11.2 Å². The van der Waals surface area contributed by atoms with Crippen molar-refractivity contribution >= 4 is 50.5 Å². The molecule has 4 aromatic rings. The lowest BCUT2D eigenvalue weighted by molar-refractivity contribution is -0.118. The molecule has 0 radical (unpaired) electrons. The largest absolute Gasteiger partial charge is 0.497 e. The second kappa shape index (κ2) is 9.72. The molecule has 1 aliphatic rings. The van der Waals surface area contributed by atoms with Crippen LogP contribution in [0.4, 0.5) is 5.13 Å². The van der Waals surface area contributed by atoms with E-state index in [1.807, 2.05) is 52.9 Å². The fraction of sp³-hybridized carbons (Fsp3) is 0.346. The molecule has 3 aromatic heterocycles. The molecule has 3 heterocycles. The van der Waals surface area contributed by atoms with E-state index in [-0.39, 0.29) is 24.3 Å². The molecule has 1 amide bonds. The fourth-order valence-electron chi connectivity index (χ4n) is 4.96. The second-order valence-electron chi connectivity index (χ2n) is 8.61. The van der Waals surface area contributed by atoms with Crippen LogP contribution < -0.4 is 9.64 Å². The van der Waals surface area contributed by atoms with Gasteiger partial charge in [-0.2, -0.15) is 0 Å². The predicted octanol–water partition coefficient (Wildman–Crippen LogP) is 6.07. The molecule has 0 bridgehead atoms. The number of carbonyl (C=O) groups excluding carboxylic acids is 2. The summed E-state index contributed by atoms with van der Waals surface area (Å²) in [6.45, 7) is 1.93. The molecule has 5 rings (SSSR count). The Hall–Kier alpha value is -2.97. The van der Waals surface area contributed by atoms with Gasteiger partial charge in [0.2, 0.25) is 5.91 Å². The zero-order valence-corrected chi connectivity index (χ0v) is 21.0. The quantitative estimate of drug-likeness (QED) is 0.327. The lowest BCUT2D eigenvalue weighted by atomic mass is 9.94. The molecule has 0 aliphatic heterocycles. The second-order valence-corrected chi connectivity index (χ2v) is 10.4. The average molecular weight is 494 g/mol. The lowest BCUT2D eigenvalue weighted by Crippen LogP contribution is -2.42. The number of thiazole rings is 1. The summed E-state index contributed by atoms with van der Waals surface area (Å²) in [5.41, 5.74) is 2.44. The maximum atomic E-state index is 13.8. The van der Waals surface area contributed by atoms with Gasteiger partial charge in [-0.3, -0.25) is 19.1 Å². The Bertz CT molecular complexity index is 1300. The van der Waals surface area contributed by atoms with Crippen molar-refractivity contribution in [1.82, 2.24) is 9.55 Å². The summed E-state index contributed by atoms with van der Waals surface area (Å²) in [6.07, 6.45) is 7.43. The van der Waals surface area contributed by atoms with E-state index in [0.29, 0.717) is 10.6 Å². The van der Waals surface area contributed by atoms with Crippen molar-refractivity contribution in [2.45, 2.75) is 51.5 Å². The number of nitrogens with zero attached hydrogens (tertiary/aromatic N) is 3. The molecule has 0 atom stereocenters. The first-order valence-electron chi connectivity index (χ1n) is 11.6. The molecule has 1 fully saturated rings. The Morgan fingerprint density at radius 2 is 1.97 bits per heavy atom. The number of carbonyl (C=O) groups is 2. The van der Waals surface area contributed by atoms with Crippen LogP contribution in [-0.4, -0.2) is 34.5 Å². The Morgan fingerprint density at radius 3 is 2.65 bits per heavy atom. The molecule has 1 saturated carbocycles. The van der Waals surface area contributed by atoms with Gasteiger partial charge >= 0.3 is 0 Å². The van der Waals surface area contributed by atoms with Gasteiger partial charge in [0.25, 0.3) is 5.91 Å². The van der Waals surface area contributed by atoms with Gasteiger partial charge in [-0.05, 0) is 55.0 Å². The van der Waals surface area contributed by atoms with Crippen molar-refractivity contribution in [3.63, 3.8) is 0 Å². The summed E-state index contributed by atoms with van der Waals surface area (Å²) < 4.78 is 7.20. The van der Waals surface area contributed by atoms with Crippen molar-refractivity contribution in [2.24, 2.45) is 0 Å². The number of thiophene rings is 1. The van der Waals surface area contributed by atoms with Crippen LogP contribution in [0.3, 0.4) is 0 Å². The molecule has 6 nitrogen and oxygen atoms in total. The molecule has 0 N–H and O–H groups in total. The van der Waals surface area contributed by atoms with E-state index in [9.17, 15) is 9.59 Å². The Kier molecular flexibility index (Phi) is 6.52. The lowest BCUT2D eigenvalue weighted by Gasteiger charge is -2.32. The number of ether oxygens (including phenoxy) is 1. The van der Waals surface area contributed by atoms with Crippen LogP contribution in [0.25, 0.3) is 10.9 Å². The average Bonchev–Trinajstić information content (AvgIpc) is 3.62. The minimum Gasteiger partial charge on any atom is -0.497 e. The third kappa shape index (κ3) is 4.16. The molecule has 34 heavy (non-hydrogen) atoms. The van der Waals surface area contributed by atoms with Crippen LogP contribution >= 0.6 is 22.7 Å².